The van der Waals surface area contributed by atoms with Gasteiger partial charge in [0.25, 0.3) is 0 Å². The van der Waals surface area contributed by atoms with Gasteiger partial charge in [-0.1, -0.05) is 0 Å². The van der Waals surface area contributed by atoms with Crippen molar-refractivity contribution in [3.05, 3.63) is 60.7 Å². The van der Waals surface area contributed by atoms with Crippen molar-refractivity contribution in [1.82, 2.24) is 4.67 Å². The summed E-state index contributed by atoms with van der Waals surface area (Å²) in [6.45, 7) is 8.55. The molecule has 1 saturated heterocycles. The van der Waals surface area contributed by atoms with Crippen molar-refractivity contribution in [3.8, 4) is 0 Å². The van der Waals surface area contributed by atoms with Crippen LogP contribution in [-0.2, 0) is 4.74 Å². The van der Waals surface area contributed by atoms with Gasteiger partial charge in [0.2, 0.25) is 0 Å². The van der Waals surface area contributed by atoms with E-state index in [9.17, 15) is 0 Å². The molecule has 0 N–H and O–H groups in total. The van der Waals surface area contributed by atoms with Gasteiger partial charge in [0, 0.05) is 0 Å². The first-order chi connectivity index (χ1) is 10.8. The van der Waals surface area contributed by atoms with Gasteiger partial charge in [0.15, 0.2) is 0 Å². The van der Waals surface area contributed by atoms with Crippen LogP contribution < -0.4 is 10.6 Å². The van der Waals surface area contributed by atoms with E-state index < -0.39 is 7.41 Å². The Morgan fingerprint density at radius 1 is 0.818 bits per heavy atom. The Kier molecular flexibility index (Phi) is 4.93. The molecule has 3 rings (SSSR count). The standard InChI is InChI=1S/C19H26NOP/c1-17(2)22(18-9-5-3-6-10-18,19-11-7-4-8-12-19)20-13-15-21-16-14-20/h3-12,17,22H,13-16H2,1-2H3. The van der Waals surface area contributed by atoms with E-state index in [1.54, 1.807) is 0 Å². The molecule has 2 aromatic carbocycles. The molecule has 0 atom stereocenters. The van der Waals surface area contributed by atoms with Crippen molar-refractivity contribution in [3.63, 3.8) is 0 Å². The van der Waals surface area contributed by atoms with Crippen LogP contribution in [0.1, 0.15) is 13.8 Å². The molecule has 0 aliphatic carbocycles. The Hall–Kier alpha value is -1.21. The van der Waals surface area contributed by atoms with Crippen LogP contribution in [0.3, 0.4) is 0 Å². The maximum absolute atomic E-state index is 5.63. The van der Waals surface area contributed by atoms with Crippen LogP contribution in [0.25, 0.3) is 0 Å². The van der Waals surface area contributed by atoms with Crippen LogP contribution in [0.15, 0.2) is 60.7 Å². The van der Waals surface area contributed by atoms with Crippen LogP contribution in [0.4, 0.5) is 0 Å². The maximum atomic E-state index is 5.63. The second-order valence-corrected chi connectivity index (χ2v) is 10.7. The number of rotatable bonds is 4. The number of hydrogen-bond acceptors (Lipinski definition) is 2. The third-order valence-corrected chi connectivity index (χ3v) is 10.3. The van der Waals surface area contributed by atoms with E-state index in [0.29, 0.717) is 5.66 Å². The van der Waals surface area contributed by atoms with Gasteiger partial charge in [-0.15, -0.1) is 0 Å². The molecule has 1 aliphatic rings. The minimum absolute atomic E-state index is 0.607. The zero-order chi connectivity index (χ0) is 15.4. The Balaban J connectivity index is 2.19. The number of ether oxygens (including phenoxy) is 1. The van der Waals surface area contributed by atoms with Gasteiger partial charge in [-0.05, 0) is 0 Å². The van der Waals surface area contributed by atoms with Crippen LogP contribution in [0.5, 0.6) is 0 Å². The van der Waals surface area contributed by atoms with E-state index in [2.05, 4.69) is 79.2 Å². The van der Waals surface area contributed by atoms with Crippen molar-refractivity contribution in [1.29, 1.82) is 0 Å². The molecule has 0 saturated carbocycles. The van der Waals surface area contributed by atoms with E-state index >= 15 is 0 Å². The molecule has 0 spiro atoms. The third kappa shape index (κ3) is 2.72. The monoisotopic (exact) mass is 315 g/mol. The van der Waals surface area contributed by atoms with Crippen molar-refractivity contribution in [2.24, 2.45) is 0 Å². The molecule has 1 heterocycles. The number of hydrogen-bond donors (Lipinski definition) is 0. The molecule has 2 nitrogen and oxygen atoms in total. The zero-order valence-electron chi connectivity index (χ0n) is 13.5. The van der Waals surface area contributed by atoms with E-state index in [-0.39, 0.29) is 0 Å². The molecule has 118 valence electrons. The fourth-order valence-corrected chi connectivity index (χ4v) is 9.28. The van der Waals surface area contributed by atoms with Gasteiger partial charge in [0.05, 0.1) is 0 Å². The summed E-state index contributed by atoms with van der Waals surface area (Å²) in [5.74, 6) is 0. The summed E-state index contributed by atoms with van der Waals surface area (Å²) < 4.78 is 8.37. The molecule has 1 fully saturated rings. The fraction of sp³-hybridized carbons (Fsp3) is 0.368. The Bertz CT molecular complexity index is 539. The number of benzene rings is 2. The molecule has 0 unspecified atom stereocenters. The summed E-state index contributed by atoms with van der Waals surface area (Å²) in [4.78, 5) is 0. The molecule has 22 heavy (non-hydrogen) atoms. The molecule has 3 heteroatoms. The van der Waals surface area contributed by atoms with Crippen molar-refractivity contribution >= 4 is 18.0 Å². The number of morpholine rings is 1. The van der Waals surface area contributed by atoms with Crippen LogP contribution in [0.2, 0.25) is 0 Å². The van der Waals surface area contributed by atoms with Crippen molar-refractivity contribution in [2.45, 2.75) is 19.5 Å². The molecule has 0 radical (unpaired) electrons. The number of nitrogens with zero attached hydrogens (tertiary/aromatic N) is 1. The second kappa shape index (κ2) is 6.91. The normalized spacial score (nSPS) is 17.6. The predicted octanol–water partition coefficient (Wildman–Crippen LogP) is 3.04. The van der Waals surface area contributed by atoms with Gasteiger partial charge >= 0.3 is 134 Å². The van der Waals surface area contributed by atoms with Crippen LogP contribution in [0, 0.1) is 0 Å². The van der Waals surface area contributed by atoms with Crippen LogP contribution >= 0.6 is 7.41 Å². The first-order valence-electron chi connectivity index (χ1n) is 8.20. The Labute approximate surface area is 134 Å². The Morgan fingerprint density at radius 3 is 1.68 bits per heavy atom. The SMILES string of the molecule is CC(C)[PH](c1ccccc1)(c1ccccc1)N1CCOCC1. The molecule has 0 bridgehead atoms. The van der Waals surface area contributed by atoms with E-state index in [1.165, 1.54) is 10.6 Å². The van der Waals surface area contributed by atoms with E-state index in [0.717, 1.165) is 26.3 Å². The molecular formula is C19H26NOP. The van der Waals surface area contributed by atoms with Gasteiger partial charge in [-0.25, -0.2) is 0 Å². The quantitative estimate of drug-likeness (QED) is 0.804. The third-order valence-electron chi connectivity index (χ3n) is 4.77. The summed E-state index contributed by atoms with van der Waals surface area (Å²) in [6.07, 6.45) is 0. The first kappa shape index (κ1) is 15.7. The molecule has 2 aromatic rings. The van der Waals surface area contributed by atoms with Gasteiger partial charge in [-0.3, -0.25) is 0 Å². The fourth-order valence-electron chi connectivity index (χ4n) is 3.86. The van der Waals surface area contributed by atoms with E-state index in [4.69, 9.17) is 4.74 Å². The average Bonchev–Trinajstić information content (AvgIpc) is 2.58. The molecule has 0 aromatic heterocycles. The topological polar surface area (TPSA) is 12.5 Å². The van der Waals surface area contributed by atoms with Crippen LogP contribution in [-0.4, -0.2) is 36.6 Å². The zero-order valence-corrected chi connectivity index (χ0v) is 14.5. The summed E-state index contributed by atoms with van der Waals surface area (Å²) in [7, 11) is -1.97. The predicted molar refractivity (Wildman–Crippen MR) is 98.0 cm³/mol. The molecule has 1 aliphatic heterocycles. The summed E-state index contributed by atoms with van der Waals surface area (Å²) in [5.41, 5.74) is 0.607. The Morgan fingerprint density at radius 2 is 1.27 bits per heavy atom. The molecular weight excluding hydrogens is 289 g/mol. The van der Waals surface area contributed by atoms with Gasteiger partial charge in [-0.2, -0.15) is 0 Å². The minimum atomic E-state index is -1.97. The van der Waals surface area contributed by atoms with Gasteiger partial charge < -0.3 is 0 Å². The summed E-state index contributed by atoms with van der Waals surface area (Å²) >= 11 is 0. The average molecular weight is 315 g/mol. The van der Waals surface area contributed by atoms with Crippen molar-refractivity contribution < 1.29 is 4.74 Å². The second-order valence-electron chi connectivity index (χ2n) is 6.25. The summed E-state index contributed by atoms with van der Waals surface area (Å²) in [6, 6.07) is 22.3. The molecule has 0 amide bonds. The summed E-state index contributed by atoms with van der Waals surface area (Å²) in [5, 5.41) is 3.02. The first-order valence-corrected chi connectivity index (χ1v) is 10.2. The van der Waals surface area contributed by atoms with E-state index in [1.807, 2.05) is 0 Å². The van der Waals surface area contributed by atoms with Gasteiger partial charge in [0.1, 0.15) is 0 Å². The van der Waals surface area contributed by atoms with Crippen molar-refractivity contribution in [2.75, 3.05) is 26.3 Å².